The molecular formula is C24H30N2O2. The number of para-hydroxylation sites is 2. The van der Waals surface area contributed by atoms with Crippen LogP contribution in [0.15, 0.2) is 48.5 Å². The number of nitrogens with zero attached hydrogens (tertiary/aromatic N) is 2. The summed E-state index contributed by atoms with van der Waals surface area (Å²) in [7, 11) is 0. The molecule has 2 heterocycles. The average molecular weight is 379 g/mol. The van der Waals surface area contributed by atoms with Crippen LogP contribution in [0.5, 0.6) is 0 Å². The highest BCUT2D eigenvalue weighted by Gasteiger charge is 2.26. The smallest absolute Gasteiger partial charge is 0.306 e. The Kier molecular flexibility index (Phi) is 5.67. The lowest BCUT2D eigenvalue weighted by atomic mass is 9.96. The molecule has 2 aromatic rings. The van der Waals surface area contributed by atoms with Crippen LogP contribution in [-0.2, 0) is 17.6 Å². The molecule has 4 rings (SSSR count). The number of anilines is 2. The van der Waals surface area contributed by atoms with Crippen LogP contribution in [-0.4, -0.2) is 42.2 Å². The minimum Gasteiger partial charge on any atom is -0.481 e. The second-order valence-electron chi connectivity index (χ2n) is 8.39. The highest BCUT2D eigenvalue weighted by molar-refractivity contribution is 5.71. The molecule has 148 valence electrons. The van der Waals surface area contributed by atoms with E-state index in [0.29, 0.717) is 5.92 Å². The molecule has 0 bridgehead atoms. The van der Waals surface area contributed by atoms with Crippen molar-refractivity contribution in [3.05, 3.63) is 59.7 Å². The second kappa shape index (κ2) is 8.36. The molecule has 0 radical (unpaired) electrons. The Morgan fingerprint density at radius 2 is 1.50 bits per heavy atom. The van der Waals surface area contributed by atoms with Gasteiger partial charge >= 0.3 is 5.97 Å². The molecule has 2 aromatic carbocycles. The number of aliphatic carboxylic acids is 1. The Morgan fingerprint density at radius 1 is 0.964 bits per heavy atom. The number of benzene rings is 2. The molecule has 0 spiro atoms. The first-order valence-electron chi connectivity index (χ1n) is 10.5. The lowest BCUT2D eigenvalue weighted by molar-refractivity contribution is -0.143. The molecule has 4 nitrogen and oxygen atoms in total. The summed E-state index contributed by atoms with van der Waals surface area (Å²) < 4.78 is 0. The Labute approximate surface area is 167 Å². The fraction of sp³-hybridized carbons (Fsp3) is 0.458. The van der Waals surface area contributed by atoms with Crippen molar-refractivity contribution >= 4 is 17.3 Å². The van der Waals surface area contributed by atoms with Crippen LogP contribution in [0.4, 0.5) is 11.4 Å². The summed E-state index contributed by atoms with van der Waals surface area (Å²) in [5, 5.41) is 9.21. The zero-order chi connectivity index (χ0) is 19.5. The van der Waals surface area contributed by atoms with E-state index in [0.717, 1.165) is 51.9 Å². The molecule has 2 aliphatic rings. The third-order valence-electron chi connectivity index (χ3n) is 6.23. The van der Waals surface area contributed by atoms with E-state index in [1.165, 1.54) is 22.5 Å². The van der Waals surface area contributed by atoms with Gasteiger partial charge < -0.3 is 14.9 Å². The average Bonchev–Trinajstić information content (AvgIpc) is 2.86. The second-order valence-corrected chi connectivity index (χ2v) is 8.39. The van der Waals surface area contributed by atoms with Gasteiger partial charge in [0.05, 0.1) is 5.92 Å². The topological polar surface area (TPSA) is 43.8 Å². The minimum absolute atomic E-state index is 0.157. The number of hydrogen-bond acceptors (Lipinski definition) is 3. The van der Waals surface area contributed by atoms with Gasteiger partial charge in [0.25, 0.3) is 0 Å². The summed E-state index contributed by atoms with van der Waals surface area (Å²) in [6.45, 7) is 6.11. The van der Waals surface area contributed by atoms with Crippen molar-refractivity contribution < 1.29 is 9.90 Å². The van der Waals surface area contributed by atoms with Crippen molar-refractivity contribution in [2.75, 3.05) is 31.1 Å². The fourth-order valence-corrected chi connectivity index (χ4v) is 4.74. The van der Waals surface area contributed by atoms with Crippen LogP contribution >= 0.6 is 0 Å². The van der Waals surface area contributed by atoms with E-state index < -0.39 is 5.97 Å². The molecule has 1 saturated heterocycles. The molecule has 28 heavy (non-hydrogen) atoms. The molecule has 1 unspecified atom stereocenters. The molecule has 1 atom stereocenters. The number of piperidine rings is 1. The summed E-state index contributed by atoms with van der Waals surface area (Å²) in [5.74, 6) is -0.290. The third kappa shape index (κ3) is 4.07. The van der Waals surface area contributed by atoms with Crippen molar-refractivity contribution in [1.82, 2.24) is 4.90 Å². The monoisotopic (exact) mass is 378 g/mol. The molecule has 0 amide bonds. The van der Waals surface area contributed by atoms with Gasteiger partial charge in [0.15, 0.2) is 0 Å². The molecular weight excluding hydrogens is 348 g/mol. The predicted molar refractivity (Wildman–Crippen MR) is 113 cm³/mol. The Hall–Kier alpha value is -2.33. The van der Waals surface area contributed by atoms with Gasteiger partial charge in [-0.1, -0.05) is 43.3 Å². The number of carbonyl (C=O) groups is 1. The van der Waals surface area contributed by atoms with Crippen LogP contribution in [0.2, 0.25) is 0 Å². The standard InChI is InChI=1S/C24H30N2O2/c1-18(16-25-14-12-21(13-15-25)24(27)28)17-26-22-8-4-2-6-19(22)10-11-20-7-3-5-9-23(20)26/h2-9,18,21H,10-17H2,1H3,(H,27,28). The van der Waals surface area contributed by atoms with Crippen LogP contribution in [0.3, 0.4) is 0 Å². The molecule has 0 saturated carbocycles. The van der Waals surface area contributed by atoms with E-state index in [9.17, 15) is 9.90 Å². The number of likely N-dealkylation sites (tertiary alicyclic amines) is 1. The lowest BCUT2D eigenvalue weighted by Crippen LogP contribution is -2.40. The largest absolute Gasteiger partial charge is 0.481 e. The van der Waals surface area contributed by atoms with Gasteiger partial charge in [-0.15, -0.1) is 0 Å². The summed E-state index contributed by atoms with van der Waals surface area (Å²) in [6.07, 6.45) is 3.72. The maximum Gasteiger partial charge on any atom is 0.306 e. The van der Waals surface area contributed by atoms with Crippen molar-refractivity contribution in [1.29, 1.82) is 0 Å². The molecule has 4 heteroatoms. The van der Waals surface area contributed by atoms with E-state index >= 15 is 0 Å². The molecule has 1 fully saturated rings. The zero-order valence-electron chi connectivity index (χ0n) is 16.7. The SMILES string of the molecule is CC(CN1CCC(C(=O)O)CC1)CN1c2ccccc2CCc2ccccc21. The van der Waals surface area contributed by atoms with Crippen molar-refractivity contribution in [3.8, 4) is 0 Å². The van der Waals surface area contributed by atoms with Crippen molar-refractivity contribution in [2.45, 2.75) is 32.6 Å². The highest BCUT2D eigenvalue weighted by atomic mass is 16.4. The Morgan fingerprint density at radius 3 is 2.04 bits per heavy atom. The van der Waals surface area contributed by atoms with Crippen LogP contribution in [0, 0.1) is 11.8 Å². The minimum atomic E-state index is -0.634. The molecule has 1 N–H and O–H groups in total. The van der Waals surface area contributed by atoms with Crippen LogP contribution in [0.25, 0.3) is 0 Å². The number of aryl methyl sites for hydroxylation is 2. The molecule has 0 aliphatic carbocycles. The van der Waals surface area contributed by atoms with Gasteiger partial charge in [-0.2, -0.15) is 0 Å². The third-order valence-corrected chi connectivity index (χ3v) is 6.23. The number of hydrogen-bond donors (Lipinski definition) is 1. The number of fused-ring (bicyclic) bond motifs is 2. The van der Waals surface area contributed by atoms with Crippen LogP contribution < -0.4 is 4.90 Å². The summed E-state index contributed by atoms with van der Waals surface area (Å²) in [4.78, 5) is 16.1. The van der Waals surface area contributed by atoms with E-state index in [1.807, 2.05) is 0 Å². The van der Waals surface area contributed by atoms with E-state index in [-0.39, 0.29) is 5.92 Å². The maximum absolute atomic E-state index is 11.2. The van der Waals surface area contributed by atoms with Gasteiger partial charge in [-0.25, -0.2) is 0 Å². The number of rotatable bonds is 5. The molecule has 0 aromatic heterocycles. The van der Waals surface area contributed by atoms with Crippen LogP contribution in [0.1, 0.15) is 30.9 Å². The van der Waals surface area contributed by atoms with E-state index in [1.54, 1.807) is 0 Å². The predicted octanol–water partition coefficient (Wildman–Crippen LogP) is 4.36. The van der Waals surface area contributed by atoms with Gasteiger partial charge in [-0.3, -0.25) is 4.79 Å². The molecule has 2 aliphatic heterocycles. The lowest BCUT2D eigenvalue weighted by Gasteiger charge is -2.35. The van der Waals surface area contributed by atoms with Gasteiger partial charge in [0.1, 0.15) is 0 Å². The maximum atomic E-state index is 11.2. The first-order chi connectivity index (χ1) is 13.6. The first kappa shape index (κ1) is 19.0. The zero-order valence-corrected chi connectivity index (χ0v) is 16.7. The van der Waals surface area contributed by atoms with Crippen molar-refractivity contribution in [3.63, 3.8) is 0 Å². The Balaban J connectivity index is 1.49. The Bertz CT molecular complexity index is 779. The number of carboxylic acids is 1. The van der Waals surface area contributed by atoms with E-state index in [2.05, 4.69) is 65.3 Å². The quantitative estimate of drug-likeness (QED) is 0.840. The summed E-state index contributed by atoms with van der Waals surface area (Å²) in [6, 6.07) is 17.6. The van der Waals surface area contributed by atoms with E-state index in [4.69, 9.17) is 0 Å². The highest BCUT2D eigenvalue weighted by Crippen LogP contribution is 2.36. The van der Waals surface area contributed by atoms with Gasteiger partial charge in [0, 0.05) is 24.5 Å². The van der Waals surface area contributed by atoms with Gasteiger partial charge in [-0.05, 0) is 68.0 Å². The number of carboxylic acid groups (broad SMARTS) is 1. The summed E-state index contributed by atoms with van der Waals surface area (Å²) >= 11 is 0. The normalized spacial score (nSPS) is 18.8. The van der Waals surface area contributed by atoms with Gasteiger partial charge in [0.2, 0.25) is 0 Å². The summed E-state index contributed by atoms with van der Waals surface area (Å²) in [5.41, 5.74) is 5.52. The van der Waals surface area contributed by atoms with Crippen molar-refractivity contribution in [2.24, 2.45) is 11.8 Å². The first-order valence-corrected chi connectivity index (χ1v) is 10.5. The fourth-order valence-electron chi connectivity index (χ4n) is 4.74.